The van der Waals surface area contributed by atoms with Crippen LogP contribution in [0.15, 0.2) is 18.7 Å². The third-order valence-corrected chi connectivity index (χ3v) is 5.76. The molecule has 346 valence electrons. The summed E-state index contributed by atoms with van der Waals surface area (Å²) in [5.74, 6) is -32.8. The van der Waals surface area contributed by atoms with Gasteiger partial charge in [0.05, 0.1) is 0 Å². The van der Waals surface area contributed by atoms with Crippen LogP contribution in [0, 0.1) is 0 Å². The smallest absolute Gasteiger partial charge is 0.424 e. The van der Waals surface area contributed by atoms with Gasteiger partial charge in [-0.2, -0.15) is 119 Å². The molecule has 0 fully saturated rings. The molecule has 1 aromatic carbocycles. The van der Waals surface area contributed by atoms with Crippen molar-refractivity contribution in [3.63, 3.8) is 0 Å². The lowest BCUT2D eigenvalue weighted by Crippen LogP contribution is -2.56. The summed E-state index contributed by atoms with van der Waals surface area (Å²) in [6, 6.07) is -1.18. The molecule has 1 rings (SSSR count). The van der Waals surface area contributed by atoms with E-state index in [1.807, 2.05) is 14.2 Å². The van der Waals surface area contributed by atoms with Gasteiger partial charge in [-0.05, 0) is 12.1 Å². The van der Waals surface area contributed by atoms with Crippen LogP contribution in [0.5, 0.6) is 17.2 Å². The fraction of sp³-hybridized carbons (Fsp3) is 0.652. The van der Waals surface area contributed by atoms with Crippen LogP contribution in [0.4, 0.5) is 132 Å². The first-order valence-corrected chi connectivity index (χ1v) is 13.0. The van der Waals surface area contributed by atoms with Crippen LogP contribution in [0.3, 0.4) is 0 Å². The lowest BCUT2D eigenvalue weighted by atomic mass is 10.1. The average molecular weight is 950 g/mol. The number of halogens is 30. The van der Waals surface area contributed by atoms with E-state index in [1.54, 1.807) is 0 Å². The van der Waals surface area contributed by atoms with Gasteiger partial charge in [0.15, 0.2) is 11.5 Å². The zero-order valence-electron chi connectivity index (χ0n) is 26.0. The topological polar surface area (TPSA) is 55.4 Å². The number of rotatable bonds is 19. The fourth-order valence-electron chi connectivity index (χ4n) is 2.87. The van der Waals surface area contributed by atoms with Crippen molar-refractivity contribution >= 4 is 6.08 Å². The molecule has 0 aliphatic rings. The minimum atomic E-state index is -7.72. The van der Waals surface area contributed by atoms with E-state index < -0.39 is 127 Å². The molecule has 0 amide bonds. The Morgan fingerprint density at radius 1 is 0.390 bits per heavy atom. The molecule has 59 heavy (non-hydrogen) atoms. The minimum Gasteiger partial charge on any atom is -0.424 e. The predicted molar refractivity (Wildman–Crippen MR) is 119 cm³/mol. The second-order valence-corrected chi connectivity index (χ2v) is 10.1. The highest BCUT2D eigenvalue weighted by Crippen LogP contribution is 2.54. The first-order chi connectivity index (χ1) is 25.6. The predicted octanol–water partition coefficient (Wildman–Crippen LogP) is 11.6. The van der Waals surface area contributed by atoms with Crippen LogP contribution in [0.25, 0.3) is 6.08 Å². The lowest BCUT2D eigenvalue weighted by Gasteiger charge is -2.33. The molecule has 1 aromatic rings. The molecular weight excluding hydrogens is 942 g/mol. The number of benzene rings is 1. The Balaban J connectivity index is 4.04. The quantitative estimate of drug-likeness (QED) is 0.129. The Bertz CT molecular complexity index is 1610. The van der Waals surface area contributed by atoms with Crippen molar-refractivity contribution in [2.24, 2.45) is 0 Å². The summed E-state index contributed by atoms with van der Waals surface area (Å²) < 4.78 is 413. The molecule has 36 heteroatoms. The summed E-state index contributed by atoms with van der Waals surface area (Å²) in [4.78, 5) is 0. The first-order valence-electron chi connectivity index (χ1n) is 13.0. The lowest BCUT2D eigenvalue weighted by molar-refractivity contribution is -0.461. The average Bonchev–Trinajstić information content (AvgIpc) is 2.99. The summed E-state index contributed by atoms with van der Waals surface area (Å²) in [7, 11) is 0. The second kappa shape index (κ2) is 15.9. The zero-order chi connectivity index (χ0) is 47.4. The highest BCUT2D eigenvalue weighted by molar-refractivity contribution is 5.66. The Hall–Kier alpha value is -3.86. The minimum absolute atomic E-state index is 0.291. The van der Waals surface area contributed by atoms with Crippen molar-refractivity contribution in [1.82, 2.24) is 0 Å². The molecule has 0 aliphatic heterocycles. The largest absolute Gasteiger partial charge is 0.462 e. The van der Waals surface area contributed by atoms with E-state index in [9.17, 15) is 132 Å². The SMILES string of the molecule is C=Cc1ccc(OC(F)(F)C(F)OC(F)(F)C(F)(F)C(F)(F)F)c(OC(F)(F)C(F)OC(F)(F)C(F)(F)C(F)(F)F)c1OC(F)(F)C(F)OC(F)(F)C(F)(F)C(F)(F)F. The molecule has 0 heterocycles. The van der Waals surface area contributed by atoms with E-state index in [2.05, 4.69) is 20.8 Å². The summed E-state index contributed by atoms with van der Waals surface area (Å²) in [5, 5.41) is 0. The van der Waals surface area contributed by atoms with Gasteiger partial charge in [0.1, 0.15) is 0 Å². The van der Waals surface area contributed by atoms with Crippen LogP contribution in [0.1, 0.15) is 5.56 Å². The molecule has 0 aromatic heterocycles. The third kappa shape index (κ3) is 10.7. The van der Waals surface area contributed by atoms with Gasteiger partial charge in [0.25, 0.3) is 0 Å². The number of hydrogen-bond acceptors (Lipinski definition) is 6. The van der Waals surface area contributed by atoms with Gasteiger partial charge in [-0.25, -0.2) is 13.2 Å². The third-order valence-electron chi connectivity index (χ3n) is 5.76. The Kier molecular flexibility index (Phi) is 14.3. The van der Waals surface area contributed by atoms with E-state index in [1.165, 1.54) is 0 Å². The normalized spacial score (nSPS) is 16.7. The molecule has 0 saturated carbocycles. The van der Waals surface area contributed by atoms with Gasteiger partial charge >= 0.3 is 92.0 Å². The highest BCUT2D eigenvalue weighted by Gasteiger charge is 2.78. The summed E-state index contributed by atoms with van der Waals surface area (Å²) in [5.41, 5.74) is -1.93. The van der Waals surface area contributed by atoms with Crippen molar-refractivity contribution in [3.05, 3.63) is 24.3 Å². The molecule has 3 unspecified atom stereocenters. The molecule has 6 nitrogen and oxygen atoms in total. The molecule has 0 N–H and O–H groups in total. The van der Waals surface area contributed by atoms with Gasteiger partial charge in [-0.3, -0.25) is 14.2 Å². The Morgan fingerprint density at radius 2 is 0.644 bits per heavy atom. The molecule has 0 bridgehead atoms. The van der Waals surface area contributed by atoms with Crippen LogP contribution in [0.2, 0.25) is 0 Å². The van der Waals surface area contributed by atoms with Crippen molar-refractivity contribution in [2.45, 2.75) is 92.0 Å². The summed E-state index contributed by atoms with van der Waals surface area (Å²) in [6.45, 7) is 2.53. The van der Waals surface area contributed by atoms with Crippen LogP contribution >= 0.6 is 0 Å². The molecule has 0 saturated heterocycles. The maximum absolute atomic E-state index is 14.6. The first kappa shape index (κ1) is 53.2. The van der Waals surface area contributed by atoms with Crippen molar-refractivity contribution < 1.29 is 160 Å². The van der Waals surface area contributed by atoms with Gasteiger partial charge in [-0.1, -0.05) is 12.7 Å². The van der Waals surface area contributed by atoms with Gasteiger partial charge in [-0.15, -0.1) is 0 Å². The van der Waals surface area contributed by atoms with Crippen molar-refractivity contribution in [1.29, 1.82) is 0 Å². The number of hydrogen-bond donors (Lipinski definition) is 0. The van der Waals surface area contributed by atoms with Crippen LogP contribution < -0.4 is 14.2 Å². The number of alkyl halides is 30. The molecule has 0 spiro atoms. The van der Waals surface area contributed by atoms with E-state index >= 15 is 0 Å². The van der Waals surface area contributed by atoms with Gasteiger partial charge in [0, 0.05) is 5.56 Å². The van der Waals surface area contributed by atoms with Gasteiger partial charge in [0.2, 0.25) is 5.75 Å². The summed E-state index contributed by atoms with van der Waals surface area (Å²) >= 11 is 0. The molecule has 0 aliphatic carbocycles. The maximum atomic E-state index is 14.6. The fourth-order valence-corrected chi connectivity index (χ4v) is 2.87. The maximum Gasteiger partial charge on any atom is 0.462 e. The van der Waals surface area contributed by atoms with E-state index in [0.29, 0.717) is 0 Å². The van der Waals surface area contributed by atoms with E-state index in [-0.39, 0.29) is 6.08 Å². The van der Waals surface area contributed by atoms with Crippen LogP contribution in [-0.4, -0.2) is 92.0 Å². The van der Waals surface area contributed by atoms with E-state index in [0.717, 1.165) is 0 Å². The molecule has 3 atom stereocenters. The molecule has 0 radical (unpaired) electrons. The monoisotopic (exact) mass is 950 g/mol. The van der Waals surface area contributed by atoms with E-state index in [4.69, 9.17) is 0 Å². The Labute approximate surface area is 301 Å². The highest BCUT2D eigenvalue weighted by atomic mass is 19.4. The standard InChI is InChI=1S/C23H8F30O6/c1-2-5-3-4-6(54-12(27,28)9(24)57-21(48,49)15(33,34)18(39,40)41)8(56-14(31,32)11(26)59-23(52,53)17(37,38)20(45,46)47)7(5)55-13(29,30)10(25)58-22(50,51)16(35,36)19(42,43)44/h2-4,9-11H,1H2. The zero-order valence-corrected chi connectivity index (χ0v) is 26.0. The van der Waals surface area contributed by atoms with Crippen molar-refractivity contribution in [2.75, 3.05) is 0 Å². The van der Waals surface area contributed by atoms with Crippen molar-refractivity contribution in [3.8, 4) is 17.2 Å². The Morgan fingerprint density at radius 3 is 0.898 bits per heavy atom. The summed E-state index contributed by atoms with van der Waals surface area (Å²) in [6.07, 6.45) is -84.0. The van der Waals surface area contributed by atoms with Gasteiger partial charge < -0.3 is 14.2 Å². The number of ether oxygens (including phenoxy) is 6. The molecular formula is C23H8F30O6. The van der Waals surface area contributed by atoms with Crippen LogP contribution in [-0.2, 0) is 14.2 Å². The second-order valence-electron chi connectivity index (χ2n) is 10.1.